The van der Waals surface area contributed by atoms with Gasteiger partial charge in [-0.2, -0.15) is 0 Å². The number of aromatic hydroxyl groups is 1. The molecule has 0 bridgehead atoms. The average Bonchev–Trinajstić information content (AvgIpc) is 2.56. The molecule has 0 saturated carbocycles. The zero-order valence-electron chi connectivity index (χ0n) is 18.5. The molecule has 1 rings (SSSR count). The molecular formula is C21H33N3O6. The Morgan fingerprint density at radius 3 is 2.27 bits per heavy atom. The van der Waals surface area contributed by atoms with Gasteiger partial charge >= 0.3 is 6.09 Å². The molecule has 3 amide bonds. The van der Waals surface area contributed by atoms with E-state index in [0.29, 0.717) is 5.56 Å². The smallest absolute Gasteiger partial charge is 0.408 e. The minimum absolute atomic E-state index is 0.0654. The fourth-order valence-corrected chi connectivity index (χ4v) is 2.67. The van der Waals surface area contributed by atoms with E-state index in [0.717, 1.165) is 4.90 Å². The van der Waals surface area contributed by atoms with Crippen LogP contribution in [0.5, 0.6) is 5.75 Å². The molecular weight excluding hydrogens is 390 g/mol. The van der Waals surface area contributed by atoms with Gasteiger partial charge in [0.15, 0.2) is 0 Å². The van der Waals surface area contributed by atoms with Crippen molar-refractivity contribution in [2.24, 2.45) is 0 Å². The molecule has 0 saturated heterocycles. The Labute approximate surface area is 177 Å². The molecule has 0 radical (unpaired) electrons. The van der Waals surface area contributed by atoms with Crippen LogP contribution in [-0.2, 0) is 14.3 Å². The van der Waals surface area contributed by atoms with Gasteiger partial charge in [-0.05, 0) is 59.2 Å². The topological polar surface area (TPSA) is 128 Å². The first kappa shape index (κ1) is 25.2. The van der Waals surface area contributed by atoms with E-state index in [1.165, 1.54) is 12.1 Å². The summed E-state index contributed by atoms with van der Waals surface area (Å²) in [4.78, 5) is 39.0. The van der Waals surface area contributed by atoms with Crippen molar-refractivity contribution in [3.63, 3.8) is 0 Å². The van der Waals surface area contributed by atoms with E-state index < -0.39 is 48.2 Å². The van der Waals surface area contributed by atoms with Crippen LogP contribution in [0.3, 0.4) is 0 Å². The maximum atomic E-state index is 13.0. The Morgan fingerprint density at radius 1 is 1.13 bits per heavy atom. The lowest BCUT2D eigenvalue weighted by molar-refractivity contribution is -0.141. The van der Waals surface area contributed by atoms with Crippen molar-refractivity contribution in [3.05, 3.63) is 29.8 Å². The minimum Gasteiger partial charge on any atom is -0.508 e. The lowest BCUT2D eigenvalue weighted by atomic mass is 10.0. The lowest BCUT2D eigenvalue weighted by Crippen LogP contribution is -2.51. The van der Waals surface area contributed by atoms with Crippen molar-refractivity contribution >= 4 is 17.9 Å². The van der Waals surface area contributed by atoms with E-state index in [2.05, 4.69) is 10.6 Å². The third kappa shape index (κ3) is 8.69. The number of carbonyl (C=O) groups excluding carboxylic acids is 3. The van der Waals surface area contributed by atoms with E-state index in [4.69, 9.17) is 4.74 Å². The first-order valence-corrected chi connectivity index (χ1v) is 9.71. The summed E-state index contributed by atoms with van der Waals surface area (Å²) in [5, 5.41) is 24.5. The highest BCUT2D eigenvalue weighted by Crippen LogP contribution is 2.25. The Balaban J connectivity index is 3.15. The number of phenolic OH excluding ortho intramolecular Hbond substituents is 1. The first-order valence-electron chi connectivity index (χ1n) is 9.71. The summed E-state index contributed by atoms with van der Waals surface area (Å²) in [6.07, 6.45) is -0.771. The summed E-state index contributed by atoms with van der Waals surface area (Å²) in [5.74, 6) is -1.14. The number of alkyl carbamates (subject to hydrolysis) is 1. The second-order valence-electron chi connectivity index (χ2n) is 8.90. The first-order chi connectivity index (χ1) is 13.7. The predicted molar refractivity (Wildman–Crippen MR) is 112 cm³/mol. The molecule has 0 spiro atoms. The van der Waals surface area contributed by atoms with Crippen LogP contribution in [0.1, 0.15) is 53.1 Å². The van der Waals surface area contributed by atoms with Crippen LogP contribution in [0.15, 0.2) is 24.3 Å². The number of aliphatic hydroxyl groups is 1. The molecule has 0 aromatic heterocycles. The fraction of sp³-hybridized carbons (Fsp3) is 0.571. The highest BCUT2D eigenvalue weighted by atomic mass is 16.6. The molecule has 0 aliphatic carbocycles. The molecule has 1 atom stereocenters. The Bertz CT molecular complexity index is 752. The largest absolute Gasteiger partial charge is 0.508 e. The van der Waals surface area contributed by atoms with Crippen molar-refractivity contribution in [3.8, 4) is 5.75 Å². The summed E-state index contributed by atoms with van der Waals surface area (Å²) in [5.41, 5.74) is -0.931. The van der Waals surface area contributed by atoms with Crippen LogP contribution in [0.25, 0.3) is 0 Å². The molecule has 168 valence electrons. The number of carbonyl (C=O) groups is 3. The van der Waals surface area contributed by atoms with Crippen molar-refractivity contribution in [2.45, 2.75) is 58.7 Å². The third-order valence-electron chi connectivity index (χ3n) is 3.69. The van der Waals surface area contributed by atoms with E-state index in [1.54, 1.807) is 53.7 Å². The molecule has 1 aromatic rings. The zero-order chi connectivity index (χ0) is 23.1. The number of hydrogen-bond donors (Lipinski definition) is 4. The van der Waals surface area contributed by atoms with Crippen LogP contribution >= 0.6 is 0 Å². The summed E-state index contributed by atoms with van der Waals surface area (Å²) < 4.78 is 5.12. The predicted octanol–water partition coefficient (Wildman–Crippen LogP) is 1.69. The number of rotatable bonds is 7. The standard InChI is InChI=1S/C21H33N3O6/c1-20(2,3)23-18(28)17(14-8-7-9-15(26)12-14)24(10-11-25)16(27)13-22-19(29)30-21(4,5)6/h7-9,12,17,25-26H,10-11,13H2,1-6H3,(H,22,29)(H,23,28). The maximum absolute atomic E-state index is 13.0. The van der Waals surface area contributed by atoms with Crippen LogP contribution < -0.4 is 10.6 Å². The van der Waals surface area contributed by atoms with Crippen molar-refractivity contribution in [2.75, 3.05) is 19.7 Å². The van der Waals surface area contributed by atoms with Gasteiger partial charge in [0.1, 0.15) is 23.9 Å². The molecule has 0 aliphatic rings. The van der Waals surface area contributed by atoms with E-state index in [-0.39, 0.29) is 12.3 Å². The zero-order valence-corrected chi connectivity index (χ0v) is 18.5. The summed E-state index contributed by atoms with van der Waals surface area (Å²) in [6.45, 7) is 9.52. The number of benzene rings is 1. The number of ether oxygens (including phenoxy) is 1. The van der Waals surface area contributed by atoms with E-state index >= 15 is 0 Å². The van der Waals surface area contributed by atoms with Crippen molar-refractivity contribution in [1.82, 2.24) is 15.5 Å². The number of nitrogens with one attached hydrogen (secondary N) is 2. The van der Waals surface area contributed by atoms with Gasteiger partial charge in [0.05, 0.1) is 6.61 Å². The second kappa shape index (κ2) is 10.3. The molecule has 9 nitrogen and oxygen atoms in total. The highest BCUT2D eigenvalue weighted by molar-refractivity contribution is 5.90. The van der Waals surface area contributed by atoms with Crippen LogP contribution in [0.2, 0.25) is 0 Å². The monoisotopic (exact) mass is 423 g/mol. The van der Waals surface area contributed by atoms with Crippen molar-refractivity contribution < 1.29 is 29.3 Å². The molecule has 0 heterocycles. The van der Waals surface area contributed by atoms with Gasteiger partial charge in [-0.1, -0.05) is 12.1 Å². The summed E-state index contributed by atoms with van der Waals surface area (Å²) >= 11 is 0. The van der Waals surface area contributed by atoms with Gasteiger partial charge in [-0.25, -0.2) is 4.79 Å². The molecule has 1 unspecified atom stereocenters. The van der Waals surface area contributed by atoms with E-state index in [1.807, 2.05) is 0 Å². The van der Waals surface area contributed by atoms with Crippen LogP contribution in [-0.4, -0.2) is 63.9 Å². The minimum atomic E-state index is -1.11. The lowest BCUT2D eigenvalue weighted by Gasteiger charge is -2.33. The Morgan fingerprint density at radius 2 is 1.77 bits per heavy atom. The Kier molecular flexibility index (Phi) is 8.65. The van der Waals surface area contributed by atoms with Gasteiger partial charge in [0.2, 0.25) is 11.8 Å². The second-order valence-corrected chi connectivity index (χ2v) is 8.90. The molecule has 1 aromatic carbocycles. The number of hydrogen-bond acceptors (Lipinski definition) is 6. The number of aliphatic hydroxyl groups excluding tert-OH is 1. The fourth-order valence-electron chi connectivity index (χ4n) is 2.67. The third-order valence-corrected chi connectivity index (χ3v) is 3.69. The van der Waals surface area contributed by atoms with E-state index in [9.17, 15) is 24.6 Å². The SMILES string of the molecule is CC(C)(C)NC(=O)C(c1cccc(O)c1)N(CCO)C(=O)CNC(=O)OC(C)(C)C. The van der Waals surface area contributed by atoms with Gasteiger partial charge in [0.25, 0.3) is 0 Å². The molecule has 9 heteroatoms. The van der Waals surface area contributed by atoms with Crippen molar-refractivity contribution in [1.29, 1.82) is 0 Å². The average molecular weight is 424 g/mol. The normalized spacial score (nSPS) is 12.6. The van der Waals surface area contributed by atoms with Crippen LogP contribution in [0, 0.1) is 0 Å². The van der Waals surface area contributed by atoms with Gasteiger partial charge in [0, 0.05) is 12.1 Å². The molecule has 4 N–H and O–H groups in total. The van der Waals surface area contributed by atoms with Gasteiger partial charge in [-0.3, -0.25) is 9.59 Å². The molecule has 0 aliphatic heterocycles. The number of phenols is 1. The van der Waals surface area contributed by atoms with Gasteiger partial charge in [-0.15, -0.1) is 0 Å². The maximum Gasteiger partial charge on any atom is 0.408 e. The van der Waals surface area contributed by atoms with Crippen LogP contribution in [0.4, 0.5) is 4.79 Å². The number of nitrogens with zero attached hydrogens (tertiary/aromatic N) is 1. The number of amides is 3. The summed E-state index contributed by atoms with van der Waals surface area (Å²) in [6, 6.07) is 4.88. The molecule has 30 heavy (non-hydrogen) atoms. The highest BCUT2D eigenvalue weighted by Gasteiger charge is 2.33. The molecule has 0 fully saturated rings. The quantitative estimate of drug-likeness (QED) is 0.528. The Hall–Kier alpha value is -2.81. The van der Waals surface area contributed by atoms with Gasteiger partial charge < -0.3 is 30.5 Å². The summed E-state index contributed by atoms with van der Waals surface area (Å²) in [7, 11) is 0.